The molecule has 27 heavy (non-hydrogen) atoms. The summed E-state index contributed by atoms with van der Waals surface area (Å²) in [5.41, 5.74) is 0. The molecule has 1 aliphatic rings. The first-order valence-electron chi connectivity index (χ1n) is 11.7. The van der Waals surface area contributed by atoms with Gasteiger partial charge in [0.05, 0.1) is 13.2 Å². The lowest BCUT2D eigenvalue weighted by molar-refractivity contribution is -0.312. The van der Waals surface area contributed by atoms with Crippen LogP contribution in [0.2, 0.25) is 0 Å². The van der Waals surface area contributed by atoms with E-state index in [1.165, 1.54) is 89.9 Å². The van der Waals surface area contributed by atoms with Gasteiger partial charge in [-0.1, -0.05) is 103 Å². The van der Waals surface area contributed by atoms with Gasteiger partial charge in [-0.05, 0) is 19.3 Å². The predicted octanol–water partition coefficient (Wildman–Crippen LogP) is 7.45. The van der Waals surface area contributed by atoms with Crippen molar-refractivity contribution in [2.24, 2.45) is 0 Å². The van der Waals surface area contributed by atoms with Crippen LogP contribution in [0.15, 0.2) is 0 Å². The van der Waals surface area contributed by atoms with Crippen LogP contribution < -0.4 is 0 Å². The number of carboxylic acid groups (broad SMARTS) is 1. The Bertz CT molecular complexity index is 279. The molecule has 0 amide bonds. The van der Waals surface area contributed by atoms with E-state index in [0.717, 1.165) is 38.9 Å². The Hall–Kier alpha value is -0.610. The summed E-state index contributed by atoms with van der Waals surface area (Å²) in [5.74, 6) is -0.652. The molecule has 0 atom stereocenters. The van der Waals surface area contributed by atoms with E-state index in [0.29, 0.717) is 6.42 Å². The molecule has 0 aliphatic carbocycles. The van der Waals surface area contributed by atoms with Crippen molar-refractivity contribution < 1.29 is 19.7 Å². The lowest BCUT2D eigenvalue weighted by atomic mass is 10.0. The average molecular weight is 387 g/mol. The number of aliphatic carboxylic acids is 1. The van der Waals surface area contributed by atoms with Crippen molar-refractivity contribution in [3.05, 3.63) is 0 Å². The van der Waals surface area contributed by atoms with Crippen LogP contribution in [0.5, 0.6) is 0 Å². The minimum atomic E-state index is -0.652. The molecule has 1 N–H and O–H groups in total. The minimum absolute atomic E-state index is 0.346. The molecule has 1 aliphatic heterocycles. The van der Waals surface area contributed by atoms with E-state index in [1.54, 1.807) is 0 Å². The molecular weight excluding hydrogens is 340 g/mol. The van der Waals surface area contributed by atoms with E-state index in [2.05, 4.69) is 16.7 Å². The maximum atomic E-state index is 10.3. The third-order valence-corrected chi connectivity index (χ3v) is 5.03. The number of hydrogen-bond acceptors (Lipinski definition) is 3. The molecule has 4 nitrogen and oxygen atoms in total. The molecule has 0 saturated carbocycles. The average Bonchev–Trinajstić information content (AvgIpc) is 2.69. The molecule has 0 aromatic heterocycles. The first-order chi connectivity index (χ1) is 13.3. The molecule has 0 unspecified atom stereocenters. The fraction of sp³-hybridized carbons (Fsp3) is 0.957. The predicted molar refractivity (Wildman–Crippen MR) is 113 cm³/mol. The first kappa shape index (κ1) is 26.4. The van der Waals surface area contributed by atoms with Gasteiger partial charge in [0.1, 0.15) is 0 Å². The van der Waals surface area contributed by atoms with Gasteiger partial charge in [0, 0.05) is 6.42 Å². The summed E-state index contributed by atoms with van der Waals surface area (Å²) in [6.45, 7) is 3.83. The largest absolute Gasteiger partial charge is 0.481 e. The Kier molecular flexibility index (Phi) is 22.9. The van der Waals surface area contributed by atoms with Crippen molar-refractivity contribution >= 4 is 5.97 Å². The zero-order valence-corrected chi connectivity index (χ0v) is 18.0. The summed E-state index contributed by atoms with van der Waals surface area (Å²) in [4.78, 5) is 19.5. The molecule has 1 fully saturated rings. The molecule has 162 valence electrons. The van der Waals surface area contributed by atoms with Crippen LogP contribution >= 0.6 is 0 Å². The van der Waals surface area contributed by atoms with Crippen LogP contribution in [0.3, 0.4) is 0 Å². The van der Waals surface area contributed by atoms with Crippen molar-refractivity contribution in [3.8, 4) is 0 Å². The Balaban J connectivity index is 0.000000941. The van der Waals surface area contributed by atoms with Gasteiger partial charge in [0.15, 0.2) is 0 Å². The van der Waals surface area contributed by atoms with Gasteiger partial charge in [0.2, 0.25) is 0 Å². The van der Waals surface area contributed by atoms with E-state index in [1.807, 2.05) is 0 Å². The third kappa shape index (κ3) is 25.4. The van der Waals surface area contributed by atoms with Crippen molar-refractivity contribution in [2.75, 3.05) is 13.2 Å². The fourth-order valence-electron chi connectivity index (χ4n) is 3.26. The normalized spacial score (nSPS) is 13.8. The van der Waals surface area contributed by atoms with Gasteiger partial charge in [-0.2, -0.15) is 0 Å². The van der Waals surface area contributed by atoms with Crippen molar-refractivity contribution in [3.63, 3.8) is 0 Å². The van der Waals surface area contributed by atoms with Crippen LogP contribution in [0.1, 0.15) is 129 Å². The van der Waals surface area contributed by atoms with Gasteiger partial charge >= 0.3 is 5.97 Å². The summed E-state index contributed by atoms with van der Waals surface area (Å²) in [5, 5.41) is 8.53. The molecule has 1 saturated heterocycles. The molecule has 0 radical (unpaired) electrons. The van der Waals surface area contributed by atoms with Gasteiger partial charge in [-0.3, -0.25) is 4.79 Å². The van der Waals surface area contributed by atoms with Gasteiger partial charge in [0.25, 0.3) is 0 Å². The fourth-order valence-corrected chi connectivity index (χ4v) is 3.26. The van der Waals surface area contributed by atoms with Crippen LogP contribution in [0, 0.1) is 0 Å². The standard InChI is InChI=1S/C19H38O2.C4H8O2/c1-2-3-4-5-6-7-8-9-10-11-12-13-14-15-16-17-18-19(20)21;1-2-4-6-5-3-1/h2-18H2,1H3,(H,20,21);1-4H2. The molecule has 4 heteroatoms. The summed E-state index contributed by atoms with van der Waals surface area (Å²) in [6, 6.07) is 0. The smallest absolute Gasteiger partial charge is 0.303 e. The quantitative estimate of drug-likeness (QED) is 0.208. The van der Waals surface area contributed by atoms with Crippen molar-refractivity contribution in [2.45, 2.75) is 129 Å². The Morgan fingerprint density at radius 1 is 0.630 bits per heavy atom. The van der Waals surface area contributed by atoms with Crippen LogP contribution in [0.25, 0.3) is 0 Å². The monoisotopic (exact) mass is 386 g/mol. The number of rotatable bonds is 17. The second-order valence-electron chi connectivity index (χ2n) is 7.80. The molecular formula is C23H46O4. The zero-order chi connectivity index (χ0) is 19.8. The van der Waals surface area contributed by atoms with Crippen LogP contribution in [-0.4, -0.2) is 24.3 Å². The molecule has 0 spiro atoms. The number of carboxylic acids is 1. The molecule has 0 bridgehead atoms. The Labute approximate surface area is 168 Å². The molecule has 1 rings (SSSR count). The highest BCUT2D eigenvalue weighted by Gasteiger charge is 1.97. The van der Waals surface area contributed by atoms with Crippen LogP contribution in [-0.2, 0) is 14.6 Å². The summed E-state index contributed by atoms with van der Waals surface area (Å²) in [6.07, 6.45) is 24.0. The summed E-state index contributed by atoms with van der Waals surface area (Å²) in [7, 11) is 0. The number of unbranched alkanes of at least 4 members (excludes halogenated alkanes) is 15. The first-order valence-corrected chi connectivity index (χ1v) is 11.7. The van der Waals surface area contributed by atoms with Crippen molar-refractivity contribution in [1.29, 1.82) is 0 Å². The maximum Gasteiger partial charge on any atom is 0.303 e. The second-order valence-corrected chi connectivity index (χ2v) is 7.80. The summed E-state index contributed by atoms with van der Waals surface area (Å²) >= 11 is 0. The Morgan fingerprint density at radius 3 is 1.22 bits per heavy atom. The molecule has 1 heterocycles. The lowest BCUT2D eigenvalue weighted by Gasteiger charge is -2.07. The molecule has 0 aromatic carbocycles. The topological polar surface area (TPSA) is 55.8 Å². The SMILES string of the molecule is C1CCOOC1.CCCCCCCCCCCCCCCCCCC(=O)O. The van der Waals surface area contributed by atoms with E-state index >= 15 is 0 Å². The van der Waals surface area contributed by atoms with Gasteiger partial charge < -0.3 is 5.11 Å². The minimum Gasteiger partial charge on any atom is -0.481 e. The van der Waals surface area contributed by atoms with E-state index < -0.39 is 5.97 Å². The Morgan fingerprint density at radius 2 is 0.963 bits per heavy atom. The summed E-state index contributed by atoms with van der Waals surface area (Å²) < 4.78 is 0. The van der Waals surface area contributed by atoms with Gasteiger partial charge in [-0.25, -0.2) is 9.78 Å². The lowest BCUT2D eigenvalue weighted by Crippen LogP contribution is -2.05. The van der Waals surface area contributed by atoms with E-state index in [-0.39, 0.29) is 0 Å². The zero-order valence-electron chi connectivity index (χ0n) is 18.0. The highest BCUT2D eigenvalue weighted by Crippen LogP contribution is 2.13. The second kappa shape index (κ2) is 23.4. The highest BCUT2D eigenvalue weighted by molar-refractivity contribution is 5.66. The van der Waals surface area contributed by atoms with Crippen LogP contribution in [0.4, 0.5) is 0 Å². The van der Waals surface area contributed by atoms with Crippen molar-refractivity contribution in [1.82, 2.24) is 0 Å². The number of hydrogen-bond donors (Lipinski definition) is 1. The number of carbonyl (C=O) groups is 1. The maximum absolute atomic E-state index is 10.3. The molecule has 0 aromatic rings. The van der Waals surface area contributed by atoms with E-state index in [9.17, 15) is 4.79 Å². The van der Waals surface area contributed by atoms with Gasteiger partial charge in [-0.15, -0.1) is 0 Å². The van der Waals surface area contributed by atoms with E-state index in [4.69, 9.17) is 5.11 Å². The third-order valence-electron chi connectivity index (χ3n) is 5.03. The highest BCUT2D eigenvalue weighted by atomic mass is 17.2.